The number of fused-ring (bicyclic) bond motifs is 1. The number of hydrogen-bond donors (Lipinski definition) is 0. The van der Waals surface area contributed by atoms with E-state index in [0.717, 1.165) is 4.90 Å². The van der Waals surface area contributed by atoms with E-state index < -0.39 is 10.0 Å². The Morgan fingerprint density at radius 3 is 2.61 bits per heavy atom. The van der Waals surface area contributed by atoms with Gasteiger partial charge in [0.05, 0.1) is 5.75 Å². The zero-order chi connectivity index (χ0) is 22.0. The number of sulfonamides is 1. The monoisotopic (exact) mass is 467 g/mol. The molecule has 2 aromatic rings. The summed E-state index contributed by atoms with van der Waals surface area (Å²) in [5.74, 6) is 1.95. The van der Waals surface area contributed by atoms with Crippen molar-refractivity contribution in [3.63, 3.8) is 0 Å². The van der Waals surface area contributed by atoms with Gasteiger partial charge in [-0.15, -0.1) is 11.8 Å². The third kappa shape index (κ3) is 4.68. The van der Waals surface area contributed by atoms with Gasteiger partial charge in [-0.25, -0.2) is 8.42 Å². The van der Waals surface area contributed by atoms with Gasteiger partial charge < -0.3 is 18.9 Å². The zero-order valence-corrected chi connectivity index (χ0v) is 19.1. The Morgan fingerprint density at radius 1 is 1.10 bits per heavy atom. The van der Waals surface area contributed by atoms with E-state index in [2.05, 4.69) is 5.16 Å². The van der Waals surface area contributed by atoms with Crippen LogP contribution in [0, 0.1) is 13.8 Å². The topological polar surface area (TPSA) is 102 Å². The van der Waals surface area contributed by atoms with Crippen molar-refractivity contribution in [2.24, 2.45) is 0 Å². The van der Waals surface area contributed by atoms with E-state index in [1.165, 1.54) is 16.1 Å². The quantitative estimate of drug-likeness (QED) is 0.616. The number of thioether (sulfide) groups is 1. The van der Waals surface area contributed by atoms with Crippen molar-refractivity contribution in [1.29, 1.82) is 0 Å². The molecule has 1 aromatic carbocycles. The summed E-state index contributed by atoms with van der Waals surface area (Å²) in [6.07, 6.45) is 0.572. The summed E-state index contributed by atoms with van der Waals surface area (Å²) in [7, 11) is -3.71. The van der Waals surface area contributed by atoms with E-state index in [9.17, 15) is 13.2 Å². The lowest BCUT2D eigenvalue weighted by Gasteiger charge is -2.22. The van der Waals surface area contributed by atoms with Gasteiger partial charge in [0, 0.05) is 31.1 Å². The van der Waals surface area contributed by atoms with E-state index in [1.54, 1.807) is 18.7 Å². The molecule has 0 atom stereocenters. The highest BCUT2D eigenvalue weighted by molar-refractivity contribution is 8.00. The minimum Gasteiger partial charge on any atom is -0.486 e. The lowest BCUT2D eigenvalue weighted by molar-refractivity contribution is -0.128. The second-order valence-corrected chi connectivity index (χ2v) is 10.3. The van der Waals surface area contributed by atoms with Crippen LogP contribution in [-0.2, 0) is 14.8 Å². The molecule has 168 valence electrons. The minimum absolute atomic E-state index is 0.0172. The maximum absolute atomic E-state index is 13.0. The molecule has 0 N–H and O–H groups in total. The average molecular weight is 468 g/mol. The summed E-state index contributed by atoms with van der Waals surface area (Å²) in [4.78, 5) is 15.5. The molecule has 0 saturated carbocycles. The van der Waals surface area contributed by atoms with Gasteiger partial charge in [-0.2, -0.15) is 4.31 Å². The number of aryl methyl sites for hydroxylation is 2. The van der Waals surface area contributed by atoms with Crippen molar-refractivity contribution in [2.45, 2.75) is 30.1 Å². The predicted molar refractivity (Wildman–Crippen MR) is 114 cm³/mol. The molecule has 9 nitrogen and oxygen atoms in total. The highest BCUT2D eigenvalue weighted by Gasteiger charge is 2.32. The first kappa shape index (κ1) is 22.0. The summed E-state index contributed by atoms with van der Waals surface area (Å²) >= 11 is 1.43. The van der Waals surface area contributed by atoms with Gasteiger partial charge in [0.15, 0.2) is 17.3 Å². The summed E-state index contributed by atoms with van der Waals surface area (Å²) in [5, 5.41) is 3.76. The fraction of sp³-hybridized carbons (Fsp3) is 0.500. The lowest BCUT2D eigenvalue weighted by Crippen LogP contribution is -2.38. The summed E-state index contributed by atoms with van der Waals surface area (Å²) in [6, 6.07) is 5.64. The third-order valence-corrected chi connectivity index (χ3v) is 8.37. The molecule has 0 aliphatic carbocycles. The molecule has 1 aromatic heterocycles. The van der Waals surface area contributed by atoms with Crippen molar-refractivity contribution in [3.8, 4) is 11.5 Å². The van der Waals surface area contributed by atoms with E-state index >= 15 is 0 Å². The third-order valence-electron chi connectivity index (χ3n) is 5.25. The summed E-state index contributed by atoms with van der Waals surface area (Å²) in [5.41, 5.74) is 0.352. The number of nitrogens with zero attached hydrogens (tertiary/aromatic N) is 3. The number of benzene rings is 1. The Bertz CT molecular complexity index is 1050. The lowest BCUT2D eigenvalue weighted by atomic mass is 10.3. The van der Waals surface area contributed by atoms with Crippen LogP contribution in [0.2, 0.25) is 0 Å². The van der Waals surface area contributed by atoms with Crippen LogP contribution in [0.25, 0.3) is 0 Å². The van der Waals surface area contributed by atoms with Gasteiger partial charge in [-0.1, -0.05) is 5.16 Å². The average Bonchev–Trinajstić information content (AvgIpc) is 2.95. The number of carbonyl (C=O) groups is 1. The SMILES string of the molecule is Cc1noc(C)c1S(=O)(=O)N1CCCN(C(=O)CSc2ccc3c(c2)OCCO3)CC1. The molecule has 2 aliphatic rings. The molecule has 1 saturated heterocycles. The summed E-state index contributed by atoms with van der Waals surface area (Å²) < 4.78 is 43.6. The van der Waals surface area contributed by atoms with Crippen LogP contribution in [0.15, 0.2) is 32.5 Å². The fourth-order valence-corrected chi connectivity index (χ4v) is 6.29. The molecule has 1 fully saturated rings. The van der Waals surface area contributed by atoms with E-state index in [0.29, 0.717) is 56.5 Å². The number of ether oxygens (including phenoxy) is 2. The molecule has 0 spiro atoms. The van der Waals surface area contributed by atoms with Crippen LogP contribution in [0.1, 0.15) is 17.9 Å². The number of rotatable bonds is 5. The van der Waals surface area contributed by atoms with Crippen LogP contribution >= 0.6 is 11.8 Å². The smallest absolute Gasteiger partial charge is 0.248 e. The largest absolute Gasteiger partial charge is 0.486 e. The van der Waals surface area contributed by atoms with Crippen LogP contribution in [0.4, 0.5) is 0 Å². The number of hydrogen-bond acceptors (Lipinski definition) is 8. The van der Waals surface area contributed by atoms with Crippen molar-refractivity contribution in [2.75, 3.05) is 45.1 Å². The maximum Gasteiger partial charge on any atom is 0.248 e. The molecule has 2 aliphatic heterocycles. The Kier molecular flexibility index (Phi) is 6.44. The van der Waals surface area contributed by atoms with Crippen LogP contribution < -0.4 is 9.47 Å². The van der Waals surface area contributed by atoms with Crippen molar-refractivity contribution in [1.82, 2.24) is 14.4 Å². The second kappa shape index (κ2) is 9.09. The van der Waals surface area contributed by atoms with Gasteiger partial charge >= 0.3 is 0 Å². The van der Waals surface area contributed by atoms with Gasteiger partial charge in [0.25, 0.3) is 0 Å². The molecular weight excluding hydrogens is 442 g/mol. The molecule has 4 rings (SSSR count). The van der Waals surface area contributed by atoms with Crippen molar-refractivity contribution < 1.29 is 27.2 Å². The van der Waals surface area contributed by atoms with Gasteiger partial charge in [0.1, 0.15) is 23.8 Å². The number of amides is 1. The Labute approximate surface area is 185 Å². The fourth-order valence-electron chi connectivity index (χ4n) is 3.71. The minimum atomic E-state index is -3.71. The molecule has 11 heteroatoms. The van der Waals surface area contributed by atoms with Crippen molar-refractivity contribution in [3.05, 3.63) is 29.7 Å². The van der Waals surface area contributed by atoms with Gasteiger partial charge in [-0.3, -0.25) is 4.79 Å². The number of aromatic nitrogens is 1. The van der Waals surface area contributed by atoms with Crippen LogP contribution in [0.5, 0.6) is 11.5 Å². The number of carbonyl (C=O) groups excluding carboxylic acids is 1. The highest BCUT2D eigenvalue weighted by atomic mass is 32.2. The second-order valence-electron chi connectivity index (χ2n) is 7.39. The summed E-state index contributed by atoms with van der Waals surface area (Å²) in [6.45, 7) is 5.73. The predicted octanol–water partition coefficient (Wildman–Crippen LogP) is 2.08. The highest BCUT2D eigenvalue weighted by Crippen LogP contribution is 2.34. The Balaban J connectivity index is 1.36. The first-order valence-corrected chi connectivity index (χ1v) is 12.5. The molecule has 3 heterocycles. The molecule has 1 amide bonds. The molecule has 31 heavy (non-hydrogen) atoms. The van der Waals surface area contributed by atoms with Crippen molar-refractivity contribution >= 4 is 27.7 Å². The standard InChI is InChI=1S/C20H25N3O6S2/c1-14-20(15(2)29-21-14)31(25,26)23-7-3-6-22(8-9-23)19(24)13-30-16-4-5-17-18(12-16)28-11-10-27-17/h4-5,12H,3,6-11,13H2,1-2H3. The Hall–Kier alpha value is -2.24. The van der Waals surface area contributed by atoms with E-state index in [-0.39, 0.29) is 28.9 Å². The normalized spacial score (nSPS) is 17.4. The molecule has 0 bridgehead atoms. The first-order chi connectivity index (χ1) is 14.9. The van der Waals surface area contributed by atoms with Gasteiger partial charge in [-0.05, 0) is 38.5 Å². The van der Waals surface area contributed by atoms with E-state index in [4.69, 9.17) is 14.0 Å². The zero-order valence-electron chi connectivity index (χ0n) is 17.5. The van der Waals surface area contributed by atoms with Crippen LogP contribution in [0.3, 0.4) is 0 Å². The molecular formula is C20H25N3O6S2. The molecule has 0 unspecified atom stereocenters. The molecule has 0 radical (unpaired) electrons. The Morgan fingerprint density at radius 2 is 1.87 bits per heavy atom. The maximum atomic E-state index is 13.0. The first-order valence-electron chi connectivity index (χ1n) is 10.1. The van der Waals surface area contributed by atoms with Gasteiger partial charge in [0.2, 0.25) is 15.9 Å². The van der Waals surface area contributed by atoms with E-state index in [1.807, 2.05) is 18.2 Å². The van der Waals surface area contributed by atoms with Crippen LogP contribution in [-0.4, -0.2) is 73.8 Å².